The summed E-state index contributed by atoms with van der Waals surface area (Å²) in [5.41, 5.74) is 2.11. The lowest BCUT2D eigenvalue weighted by Crippen LogP contribution is -2.39. The van der Waals surface area contributed by atoms with Crippen molar-refractivity contribution in [3.63, 3.8) is 0 Å². The van der Waals surface area contributed by atoms with Crippen LogP contribution in [0.25, 0.3) is 0 Å². The molecular formula is C15H22ClN3O. The van der Waals surface area contributed by atoms with E-state index in [4.69, 9.17) is 11.6 Å². The Bertz CT molecular complexity index is 476. The molecule has 0 saturated heterocycles. The average molecular weight is 296 g/mol. The molecule has 0 fully saturated rings. The largest absolute Gasteiger partial charge is 0.355 e. The summed E-state index contributed by atoms with van der Waals surface area (Å²) in [5.74, 6) is -0.128. The maximum Gasteiger partial charge on any atom is 0.228 e. The van der Waals surface area contributed by atoms with Gasteiger partial charge in [-0.05, 0) is 44.3 Å². The predicted octanol–water partition coefficient (Wildman–Crippen LogP) is 1.59. The van der Waals surface area contributed by atoms with Gasteiger partial charge in [0.25, 0.3) is 0 Å². The third-order valence-corrected chi connectivity index (χ3v) is 3.88. The van der Waals surface area contributed by atoms with E-state index in [1.54, 1.807) is 0 Å². The van der Waals surface area contributed by atoms with Crippen LogP contribution in [-0.4, -0.2) is 44.5 Å². The van der Waals surface area contributed by atoms with Crippen LogP contribution in [0, 0.1) is 0 Å². The normalized spacial score (nSPS) is 17.9. The summed E-state index contributed by atoms with van der Waals surface area (Å²) in [5, 5.41) is 6.98. The van der Waals surface area contributed by atoms with Crippen LogP contribution in [0.3, 0.4) is 0 Å². The molecule has 1 unspecified atom stereocenters. The molecule has 4 nitrogen and oxygen atoms in total. The summed E-state index contributed by atoms with van der Waals surface area (Å²) < 4.78 is 0. The number of nitrogens with one attached hydrogen (secondary N) is 2. The minimum atomic E-state index is -0.188. The van der Waals surface area contributed by atoms with Gasteiger partial charge in [0.05, 0.1) is 5.92 Å². The molecule has 1 aliphatic heterocycles. The molecule has 0 aliphatic carbocycles. The average Bonchev–Trinajstić information content (AvgIpc) is 2.43. The van der Waals surface area contributed by atoms with Gasteiger partial charge in [0.15, 0.2) is 0 Å². The predicted molar refractivity (Wildman–Crippen MR) is 82.1 cm³/mol. The second kappa shape index (κ2) is 7.07. The van der Waals surface area contributed by atoms with Gasteiger partial charge in [-0.1, -0.05) is 23.7 Å². The highest BCUT2D eigenvalue weighted by Crippen LogP contribution is 2.30. The smallest absolute Gasteiger partial charge is 0.228 e. The van der Waals surface area contributed by atoms with Crippen LogP contribution < -0.4 is 10.6 Å². The highest BCUT2D eigenvalue weighted by molar-refractivity contribution is 6.31. The Hall–Kier alpha value is -1.10. The second-order valence-corrected chi connectivity index (χ2v) is 5.85. The number of amides is 1. The van der Waals surface area contributed by atoms with E-state index in [1.807, 2.05) is 32.3 Å². The van der Waals surface area contributed by atoms with Gasteiger partial charge in [0.1, 0.15) is 0 Å². The summed E-state index contributed by atoms with van der Waals surface area (Å²) in [6.45, 7) is 3.10. The Morgan fingerprint density at radius 2 is 2.30 bits per heavy atom. The van der Waals surface area contributed by atoms with E-state index in [9.17, 15) is 4.79 Å². The molecule has 2 rings (SSSR count). The molecule has 1 heterocycles. The van der Waals surface area contributed by atoms with Gasteiger partial charge >= 0.3 is 0 Å². The first-order valence-electron chi connectivity index (χ1n) is 7.00. The number of fused-ring (bicyclic) bond motifs is 1. The number of carbonyl (C=O) groups excluding carboxylic acids is 1. The standard InChI is InChI=1S/C15H22ClN3O/c1-19(2)8-4-7-18-15(20)12-10-17-9-11-5-3-6-13(16)14(11)12/h3,5-6,12,17H,4,7-10H2,1-2H3,(H,18,20). The zero-order valence-corrected chi connectivity index (χ0v) is 12.8. The van der Waals surface area contributed by atoms with Gasteiger partial charge < -0.3 is 15.5 Å². The number of hydrogen-bond acceptors (Lipinski definition) is 3. The minimum Gasteiger partial charge on any atom is -0.355 e. The second-order valence-electron chi connectivity index (χ2n) is 5.44. The van der Waals surface area contributed by atoms with Crippen molar-refractivity contribution in [2.75, 3.05) is 33.7 Å². The lowest BCUT2D eigenvalue weighted by Gasteiger charge is -2.26. The molecule has 2 N–H and O–H groups in total. The molecule has 5 heteroatoms. The molecule has 1 atom stereocenters. The third kappa shape index (κ3) is 3.72. The summed E-state index contributed by atoms with van der Waals surface area (Å²) in [6, 6.07) is 5.82. The molecule has 20 heavy (non-hydrogen) atoms. The molecule has 0 saturated carbocycles. The van der Waals surface area contributed by atoms with Crippen molar-refractivity contribution >= 4 is 17.5 Å². The van der Waals surface area contributed by atoms with Crippen LogP contribution in [-0.2, 0) is 11.3 Å². The van der Waals surface area contributed by atoms with Crippen molar-refractivity contribution in [3.8, 4) is 0 Å². The molecule has 1 aliphatic rings. The number of halogens is 1. The number of hydrogen-bond donors (Lipinski definition) is 2. The molecular weight excluding hydrogens is 274 g/mol. The first kappa shape index (κ1) is 15.3. The fraction of sp³-hybridized carbons (Fsp3) is 0.533. The maximum absolute atomic E-state index is 12.3. The first-order chi connectivity index (χ1) is 9.59. The maximum atomic E-state index is 12.3. The van der Waals surface area contributed by atoms with Crippen LogP contribution in [0.5, 0.6) is 0 Å². The van der Waals surface area contributed by atoms with Gasteiger partial charge in [0.2, 0.25) is 5.91 Å². The SMILES string of the molecule is CN(C)CCCNC(=O)C1CNCc2cccc(Cl)c21. The Morgan fingerprint density at radius 1 is 1.50 bits per heavy atom. The monoisotopic (exact) mass is 295 g/mol. The van der Waals surface area contributed by atoms with Crippen LogP contribution in [0.15, 0.2) is 18.2 Å². The van der Waals surface area contributed by atoms with E-state index < -0.39 is 0 Å². The Kier molecular flexibility index (Phi) is 5.40. The molecule has 1 aromatic rings. The lowest BCUT2D eigenvalue weighted by atomic mass is 9.90. The zero-order chi connectivity index (χ0) is 14.5. The molecule has 0 aromatic heterocycles. The van der Waals surface area contributed by atoms with E-state index in [0.29, 0.717) is 18.1 Å². The van der Waals surface area contributed by atoms with Gasteiger partial charge in [0, 0.05) is 24.7 Å². The van der Waals surface area contributed by atoms with E-state index in [2.05, 4.69) is 15.5 Å². The highest BCUT2D eigenvalue weighted by atomic mass is 35.5. The van der Waals surface area contributed by atoms with Gasteiger partial charge in [-0.3, -0.25) is 4.79 Å². The molecule has 1 aromatic carbocycles. The van der Waals surface area contributed by atoms with Crippen molar-refractivity contribution in [1.82, 2.24) is 15.5 Å². The molecule has 0 bridgehead atoms. The van der Waals surface area contributed by atoms with Crippen molar-refractivity contribution < 1.29 is 4.79 Å². The van der Waals surface area contributed by atoms with Crippen molar-refractivity contribution in [2.45, 2.75) is 18.9 Å². The third-order valence-electron chi connectivity index (χ3n) is 3.55. The van der Waals surface area contributed by atoms with E-state index >= 15 is 0 Å². The van der Waals surface area contributed by atoms with E-state index in [1.165, 1.54) is 0 Å². The van der Waals surface area contributed by atoms with Crippen LogP contribution in [0.1, 0.15) is 23.5 Å². The lowest BCUT2D eigenvalue weighted by molar-refractivity contribution is -0.122. The highest BCUT2D eigenvalue weighted by Gasteiger charge is 2.27. The summed E-state index contributed by atoms with van der Waals surface area (Å²) in [6.07, 6.45) is 0.953. The van der Waals surface area contributed by atoms with Crippen molar-refractivity contribution in [3.05, 3.63) is 34.3 Å². The first-order valence-corrected chi connectivity index (χ1v) is 7.38. The Labute approximate surface area is 125 Å². The molecule has 110 valence electrons. The van der Waals surface area contributed by atoms with Crippen molar-refractivity contribution in [1.29, 1.82) is 0 Å². The topological polar surface area (TPSA) is 44.4 Å². The van der Waals surface area contributed by atoms with E-state index in [0.717, 1.165) is 30.6 Å². The molecule has 0 radical (unpaired) electrons. The van der Waals surface area contributed by atoms with Crippen LogP contribution >= 0.6 is 11.6 Å². The molecule has 0 spiro atoms. The fourth-order valence-electron chi connectivity index (χ4n) is 2.53. The van der Waals surface area contributed by atoms with E-state index in [-0.39, 0.29) is 11.8 Å². The van der Waals surface area contributed by atoms with Crippen LogP contribution in [0.4, 0.5) is 0 Å². The summed E-state index contributed by atoms with van der Waals surface area (Å²) in [7, 11) is 4.06. The summed E-state index contributed by atoms with van der Waals surface area (Å²) >= 11 is 6.27. The number of benzene rings is 1. The van der Waals surface area contributed by atoms with Gasteiger partial charge in [-0.25, -0.2) is 0 Å². The Balaban J connectivity index is 1.98. The number of carbonyl (C=O) groups is 1. The quantitative estimate of drug-likeness (QED) is 0.811. The fourth-order valence-corrected chi connectivity index (χ4v) is 2.86. The Morgan fingerprint density at radius 3 is 3.05 bits per heavy atom. The zero-order valence-electron chi connectivity index (χ0n) is 12.1. The number of nitrogens with zero attached hydrogens (tertiary/aromatic N) is 1. The molecule has 1 amide bonds. The minimum absolute atomic E-state index is 0.0605. The van der Waals surface area contributed by atoms with Gasteiger partial charge in [-0.15, -0.1) is 0 Å². The number of rotatable bonds is 5. The van der Waals surface area contributed by atoms with Crippen LogP contribution in [0.2, 0.25) is 5.02 Å². The summed E-state index contributed by atoms with van der Waals surface area (Å²) in [4.78, 5) is 14.4. The van der Waals surface area contributed by atoms with Crippen molar-refractivity contribution in [2.24, 2.45) is 0 Å². The van der Waals surface area contributed by atoms with Gasteiger partial charge in [-0.2, -0.15) is 0 Å².